The lowest BCUT2D eigenvalue weighted by atomic mass is 9.92. The number of halogens is 1. The average Bonchev–Trinajstić information content (AvgIpc) is 2.76. The third kappa shape index (κ3) is 2.63. The highest BCUT2D eigenvalue weighted by molar-refractivity contribution is 6.30. The number of benzene rings is 1. The Bertz CT molecular complexity index is 491. The molecule has 1 amide bonds. The lowest BCUT2D eigenvalue weighted by Crippen LogP contribution is -2.44. The van der Waals surface area contributed by atoms with Crippen LogP contribution in [-0.2, 0) is 4.74 Å². The predicted octanol–water partition coefficient (Wildman–Crippen LogP) is 2.98. The summed E-state index contributed by atoms with van der Waals surface area (Å²) in [5.74, 6) is 0.576. The Kier molecular flexibility index (Phi) is 3.50. The second kappa shape index (κ2) is 5.14. The van der Waals surface area contributed by atoms with Gasteiger partial charge in [0.05, 0.1) is 12.2 Å². The van der Waals surface area contributed by atoms with Crippen molar-refractivity contribution >= 4 is 17.5 Å². The molecule has 0 aromatic heterocycles. The van der Waals surface area contributed by atoms with Gasteiger partial charge in [0.25, 0.3) is 5.91 Å². The van der Waals surface area contributed by atoms with E-state index in [1.165, 1.54) is 0 Å². The maximum atomic E-state index is 12.4. The van der Waals surface area contributed by atoms with E-state index in [9.17, 15) is 4.79 Å². The van der Waals surface area contributed by atoms with Crippen LogP contribution in [0.4, 0.5) is 0 Å². The van der Waals surface area contributed by atoms with E-state index < -0.39 is 0 Å². The molecule has 1 aromatic rings. The summed E-state index contributed by atoms with van der Waals surface area (Å²) in [5, 5.41) is 0.610. The molecule has 0 radical (unpaired) electrons. The molecule has 2 fully saturated rings. The van der Waals surface area contributed by atoms with Gasteiger partial charge < -0.3 is 9.64 Å². The number of piperidine rings is 1. The van der Waals surface area contributed by atoms with Crippen LogP contribution in [0.2, 0.25) is 5.02 Å². The SMILES string of the molecule is C[C@H]1C[C@H]2CN(C(=O)c3cccc(Cl)c3)CC[C@H]2O1. The second-order valence-corrected chi connectivity index (χ2v) is 5.97. The Morgan fingerprint density at radius 3 is 3.11 bits per heavy atom. The van der Waals surface area contributed by atoms with Crippen LogP contribution < -0.4 is 0 Å². The van der Waals surface area contributed by atoms with Crippen LogP contribution in [0.15, 0.2) is 24.3 Å². The topological polar surface area (TPSA) is 29.5 Å². The maximum absolute atomic E-state index is 12.4. The molecule has 2 aliphatic rings. The molecule has 3 nitrogen and oxygen atoms in total. The van der Waals surface area contributed by atoms with Crippen LogP contribution in [0.5, 0.6) is 0 Å². The maximum Gasteiger partial charge on any atom is 0.253 e. The first-order valence-corrected chi connectivity index (χ1v) is 7.21. The number of carbonyl (C=O) groups excluding carboxylic acids is 1. The average molecular weight is 280 g/mol. The number of fused-ring (bicyclic) bond motifs is 1. The van der Waals surface area contributed by atoms with Crippen LogP contribution >= 0.6 is 11.6 Å². The molecule has 4 heteroatoms. The molecule has 0 aliphatic carbocycles. The number of likely N-dealkylation sites (tertiary alicyclic amines) is 1. The van der Waals surface area contributed by atoms with Crippen molar-refractivity contribution in [1.29, 1.82) is 0 Å². The van der Waals surface area contributed by atoms with E-state index in [-0.39, 0.29) is 5.91 Å². The molecular formula is C15H18ClNO2. The largest absolute Gasteiger partial charge is 0.375 e. The Labute approximate surface area is 118 Å². The first-order chi connectivity index (χ1) is 9.13. The van der Waals surface area contributed by atoms with E-state index in [2.05, 4.69) is 6.92 Å². The smallest absolute Gasteiger partial charge is 0.253 e. The zero-order chi connectivity index (χ0) is 13.4. The molecule has 19 heavy (non-hydrogen) atoms. The standard InChI is InChI=1S/C15H18ClNO2/c1-10-7-12-9-17(6-5-14(12)19-10)15(18)11-3-2-4-13(16)8-11/h2-4,8,10,12,14H,5-7,9H2,1H3/t10-,12-,14+/m0/s1. The summed E-state index contributed by atoms with van der Waals surface area (Å²) in [4.78, 5) is 14.4. The molecule has 0 unspecified atom stereocenters. The molecule has 1 aromatic carbocycles. The molecule has 3 atom stereocenters. The molecule has 0 bridgehead atoms. The predicted molar refractivity (Wildman–Crippen MR) is 74.4 cm³/mol. The fourth-order valence-electron chi connectivity index (χ4n) is 3.19. The molecule has 0 saturated carbocycles. The summed E-state index contributed by atoms with van der Waals surface area (Å²) < 4.78 is 5.86. The molecule has 0 N–H and O–H groups in total. The van der Waals surface area contributed by atoms with Gasteiger partial charge in [-0.3, -0.25) is 4.79 Å². The van der Waals surface area contributed by atoms with E-state index in [0.29, 0.717) is 28.7 Å². The first kappa shape index (κ1) is 12.9. The van der Waals surface area contributed by atoms with E-state index in [0.717, 1.165) is 25.9 Å². The highest BCUT2D eigenvalue weighted by Crippen LogP contribution is 2.33. The van der Waals surface area contributed by atoms with Gasteiger partial charge in [-0.15, -0.1) is 0 Å². The van der Waals surface area contributed by atoms with Crippen LogP contribution in [0.25, 0.3) is 0 Å². The van der Waals surface area contributed by atoms with Gasteiger partial charge in [0, 0.05) is 29.6 Å². The molecule has 2 saturated heterocycles. The molecule has 2 heterocycles. The van der Waals surface area contributed by atoms with Crippen molar-refractivity contribution in [2.75, 3.05) is 13.1 Å². The van der Waals surface area contributed by atoms with E-state index in [4.69, 9.17) is 16.3 Å². The minimum atomic E-state index is 0.0838. The molecule has 3 rings (SSSR count). The lowest BCUT2D eigenvalue weighted by Gasteiger charge is -2.34. The van der Waals surface area contributed by atoms with Gasteiger partial charge in [-0.2, -0.15) is 0 Å². The van der Waals surface area contributed by atoms with Crippen LogP contribution in [0.1, 0.15) is 30.1 Å². The monoisotopic (exact) mass is 279 g/mol. The number of amides is 1. The van der Waals surface area contributed by atoms with Crippen molar-refractivity contribution in [3.63, 3.8) is 0 Å². The van der Waals surface area contributed by atoms with Gasteiger partial charge in [0.2, 0.25) is 0 Å². The summed E-state index contributed by atoms with van der Waals surface area (Å²) >= 11 is 5.95. The van der Waals surface area contributed by atoms with Gasteiger partial charge in [0.1, 0.15) is 0 Å². The number of carbonyl (C=O) groups is 1. The third-order valence-electron chi connectivity index (χ3n) is 4.06. The van der Waals surface area contributed by atoms with Gasteiger partial charge in [-0.1, -0.05) is 17.7 Å². The zero-order valence-corrected chi connectivity index (χ0v) is 11.8. The van der Waals surface area contributed by atoms with Crippen molar-refractivity contribution in [2.45, 2.75) is 32.0 Å². The van der Waals surface area contributed by atoms with Gasteiger partial charge in [0.15, 0.2) is 0 Å². The van der Waals surface area contributed by atoms with Crippen LogP contribution in [0, 0.1) is 5.92 Å². The third-order valence-corrected chi connectivity index (χ3v) is 4.30. The van der Waals surface area contributed by atoms with Gasteiger partial charge in [-0.05, 0) is 38.0 Å². The fraction of sp³-hybridized carbons (Fsp3) is 0.533. The Morgan fingerprint density at radius 1 is 1.47 bits per heavy atom. The number of rotatable bonds is 1. The Hall–Kier alpha value is -1.06. The summed E-state index contributed by atoms with van der Waals surface area (Å²) in [6.45, 7) is 3.70. The number of nitrogens with zero attached hydrogens (tertiary/aromatic N) is 1. The van der Waals surface area contributed by atoms with Crippen molar-refractivity contribution in [3.05, 3.63) is 34.9 Å². The highest BCUT2D eigenvalue weighted by atomic mass is 35.5. The molecular weight excluding hydrogens is 262 g/mol. The quantitative estimate of drug-likeness (QED) is 0.791. The summed E-state index contributed by atoms with van der Waals surface area (Å²) in [7, 11) is 0. The second-order valence-electron chi connectivity index (χ2n) is 5.53. The summed E-state index contributed by atoms with van der Waals surface area (Å²) in [6, 6.07) is 7.18. The Morgan fingerprint density at radius 2 is 2.32 bits per heavy atom. The van der Waals surface area contributed by atoms with E-state index in [1.54, 1.807) is 12.1 Å². The van der Waals surface area contributed by atoms with Crippen molar-refractivity contribution in [3.8, 4) is 0 Å². The van der Waals surface area contributed by atoms with Crippen LogP contribution in [0.3, 0.4) is 0 Å². The number of ether oxygens (including phenoxy) is 1. The summed E-state index contributed by atoms with van der Waals surface area (Å²) in [6.07, 6.45) is 2.68. The Balaban J connectivity index is 1.71. The summed E-state index contributed by atoms with van der Waals surface area (Å²) in [5.41, 5.74) is 0.679. The van der Waals surface area contributed by atoms with E-state index in [1.807, 2.05) is 17.0 Å². The van der Waals surface area contributed by atoms with E-state index >= 15 is 0 Å². The minimum absolute atomic E-state index is 0.0838. The molecule has 2 aliphatic heterocycles. The van der Waals surface area contributed by atoms with Crippen molar-refractivity contribution in [1.82, 2.24) is 4.90 Å². The highest BCUT2D eigenvalue weighted by Gasteiger charge is 2.38. The number of hydrogen-bond acceptors (Lipinski definition) is 2. The molecule has 102 valence electrons. The minimum Gasteiger partial charge on any atom is -0.375 e. The number of hydrogen-bond donors (Lipinski definition) is 0. The first-order valence-electron chi connectivity index (χ1n) is 6.84. The van der Waals surface area contributed by atoms with Crippen molar-refractivity contribution < 1.29 is 9.53 Å². The lowest BCUT2D eigenvalue weighted by molar-refractivity contribution is 0.00865. The van der Waals surface area contributed by atoms with Crippen molar-refractivity contribution in [2.24, 2.45) is 5.92 Å². The van der Waals surface area contributed by atoms with Crippen LogP contribution in [-0.4, -0.2) is 36.1 Å². The fourth-order valence-corrected chi connectivity index (χ4v) is 3.38. The normalized spacial score (nSPS) is 30.2. The van der Waals surface area contributed by atoms with Gasteiger partial charge >= 0.3 is 0 Å². The molecule has 0 spiro atoms. The zero-order valence-electron chi connectivity index (χ0n) is 11.0. The van der Waals surface area contributed by atoms with Gasteiger partial charge in [-0.25, -0.2) is 0 Å².